The van der Waals surface area contributed by atoms with Gasteiger partial charge in [0.2, 0.25) is 5.76 Å². The van der Waals surface area contributed by atoms with E-state index < -0.39 is 29.6 Å². The average molecular weight is 352 g/mol. The van der Waals surface area contributed by atoms with Crippen LogP contribution in [-0.2, 0) is 28.6 Å². The lowest BCUT2D eigenvalue weighted by Crippen LogP contribution is -2.39. The first-order chi connectivity index (χ1) is 11.6. The van der Waals surface area contributed by atoms with Gasteiger partial charge in [-0.1, -0.05) is 13.8 Å². The Labute approximate surface area is 146 Å². The van der Waals surface area contributed by atoms with Gasteiger partial charge in [0, 0.05) is 37.2 Å². The van der Waals surface area contributed by atoms with Gasteiger partial charge in [-0.2, -0.15) is 0 Å². The number of esters is 3. The second-order valence-corrected chi connectivity index (χ2v) is 7.67. The van der Waals surface area contributed by atoms with E-state index in [1.54, 1.807) is 0 Å². The van der Waals surface area contributed by atoms with E-state index >= 15 is 0 Å². The van der Waals surface area contributed by atoms with Gasteiger partial charge in [-0.15, -0.1) is 0 Å². The number of carbonyl (C=O) groups is 3. The van der Waals surface area contributed by atoms with Gasteiger partial charge in [0.1, 0.15) is 18.3 Å². The number of fused-ring (bicyclic) bond motifs is 2. The van der Waals surface area contributed by atoms with Crippen LogP contribution in [0.1, 0.15) is 47.0 Å². The molecule has 0 aromatic carbocycles. The van der Waals surface area contributed by atoms with Crippen LogP contribution in [0.4, 0.5) is 0 Å². The highest BCUT2D eigenvalue weighted by atomic mass is 16.6. The van der Waals surface area contributed by atoms with E-state index in [1.807, 2.05) is 13.8 Å². The summed E-state index contributed by atoms with van der Waals surface area (Å²) >= 11 is 0. The molecule has 0 aromatic heterocycles. The normalized spacial score (nSPS) is 40.0. The fourth-order valence-electron chi connectivity index (χ4n) is 5.05. The molecule has 0 aromatic rings. The van der Waals surface area contributed by atoms with Crippen LogP contribution in [-0.4, -0.2) is 41.3 Å². The summed E-state index contributed by atoms with van der Waals surface area (Å²) in [5.74, 6) is -1.83. The standard InChI is InChI=1S/C18H24O7/c1-8-5-12-11(16(21)17(22)25-12)7-18(4)14(24-10(3)20)6-13(15(8)18)23-9(2)19/h8,12-15,21H,5-7H2,1-4H3. The zero-order chi connectivity index (χ0) is 18.5. The zero-order valence-electron chi connectivity index (χ0n) is 14.9. The molecule has 25 heavy (non-hydrogen) atoms. The Bertz CT molecular complexity index is 652. The third-order valence-corrected chi connectivity index (χ3v) is 5.88. The highest BCUT2D eigenvalue weighted by Gasteiger charge is 2.60. The van der Waals surface area contributed by atoms with Gasteiger partial charge in [0.25, 0.3) is 0 Å². The molecule has 7 nitrogen and oxygen atoms in total. The molecule has 1 aliphatic heterocycles. The molecule has 0 amide bonds. The number of hydrogen-bond donors (Lipinski definition) is 1. The van der Waals surface area contributed by atoms with Crippen molar-refractivity contribution >= 4 is 17.9 Å². The monoisotopic (exact) mass is 352 g/mol. The van der Waals surface area contributed by atoms with Crippen molar-refractivity contribution in [1.29, 1.82) is 0 Å². The van der Waals surface area contributed by atoms with Crippen LogP contribution in [0.5, 0.6) is 0 Å². The largest absolute Gasteiger partial charge is 0.502 e. The number of aliphatic hydroxyl groups is 1. The minimum atomic E-state index is -0.701. The summed E-state index contributed by atoms with van der Waals surface area (Å²) in [7, 11) is 0. The smallest absolute Gasteiger partial charge is 0.374 e. The number of rotatable bonds is 2. The van der Waals surface area contributed by atoms with Gasteiger partial charge in [-0.05, 0) is 18.8 Å². The lowest BCUT2D eigenvalue weighted by atomic mass is 9.70. The van der Waals surface area contributed by atoms with E-state index in [0.29, 0.717) is 24.8 Å². The third-order valence-electron chi connectivity index (χ3n) is 5.88. The lowest BCUT2D eigenvalue weighted by molar-refractivity contribution is -0.153. The summed E-state index contributed by atoms with van der Waals surface area (Å²) in [5.41, 5.74) is -0.000438. The molecule has 0 radical (unpaired) electrons. The van der Waals surface area contributed by atoms with E-state index in [1.165, 1.54) is 13.8 Å². The summed E-state index contributed by atoms with van der Waals surface area (Å²) in [6.45, 7) is 6.70. The molecule has 0 saturated heterocycles. The maximum Gasteiger partial charge on any atom is 0.374 e. The molecule has 7 heteroatoms. The molecule has 6 atom stereocenters. The second-order valence-electron chi connectivity index (χ2n) is 7.67. The van der Waals surface area contributed by atoms with Crippen molar-refractivity contribution < 1.29 is 33.7 Å². The van der Waals surface area contributed by atoms with Crippen molar-refractivity contribution in [2.45, 2.75) is 65.3 Å². The molecule has 2 aliphatic carbocycles. The number of hydrogen-bond acceptors (Lipinski definition) is 7. The summed E-state index contributed by atoms with van der Waals surface area (Å²) in [4.78, 5) is 34.9. The molecule has 1 N–H and O–H groups in total. The number of aliphatic hydroxyl groups excluding tert-OH is 1. The van der Waals surface area contributed by atoms with Crippen LogP contribution in [0.2, 0.25) is 0 Å². The highest BCUT2D eigenvalue weighted by molar-refractivity contribution is 5.89. The molecule has 1 heterocycles. The molecular weight excluding hydrogens is 328 g/mol. The number of carbonyl (C=O) groups excluding carboxylic acids is 3. The Balaban J connectivity index is 2.02. The van der Waals surface area contributed by atoms with Gasteiger partial charge in [0.15, 0.2) is 0 Å². The van der Waals surface area contributed by atoms with Crippen LogP contribution in [0.15, 0.2) is 11.3 Å². The molecule has 3 rings (SSSR count). The van der Waals surface area contributed by atoms with Crippen LogP contribution in [0.3, 0.4) is 0 Å². The Kier molecular flexibility index (Phi) is 4.29. The Morgan fingerprint density at radius 2 is 1.84 bits per heavy atom. The van der Waals surface area contributed by atoms with Gasteiger partial charge in [0.05, 0.1) is 0 Å². The van der Waals surface area contributed by atoms with Gasteiger partial charge < -0.3 is 19.3 Å². The van der Waals surface area contributed by atoms with E-state index in [9.17, 15) is 19.5 Å². The average Bonchev–Trinajstić information content (AvgIpc) is 2.82. The molecule has 138 valence electrons. The van der Waals surface area contributed by atoms with Gasteiger partial charge in [-0.25, -0.2) is 4.79 Å². The maximum atomic E-state index is 11.7. The van der Waals surface area contributed by atoms with Crippen LogP contribution < -0.4 is 0 Å². The Morgan fingerprint density at radius 3 is 2.44 bits per heavy atom. The van der Waals surface area contributed by atoms with Crippen molar-refractivity contribution in [3.8, 4) is 0 Å². The minimum absolute atomic E-state index is 0.0520. The molecule has 6 unspecified atom stereocenters. The van der Waals surface area contributed by atoms with Crippen molar-refractivity contribution in [3.63, 3.8) is 0 Å². The van der Waals surface area contributed by atoms with Crippen molar-refractivity contribution in [2.24, 2.45) is 17.3 Å². The first-order valence-corrected chi connectivity index (χ1v) is 8.61. The van der Waals surface area contributed by atoms with Crippen LogP contribution in [0.25, 0.3) is 0 Å². The zero-order valence-corrected chi connectivity index (χ0v) is 14.9. The summed E-state index contributed by atoms with van der Waals surface area (Å²) in [6, 6.07) is 0. The highest BCUT2D eigenvalue weighted by Crippen LogP contribution is 2.57. The minimum Gasteiger partial charge on any atom is -0.502 e. The predicted octanol–water partition coefficient (Wildman–Crippen LogP) is 2.04. The molecular formula is C18H24O7. The molecule has 0 bridgehead atoms. The first-order valence-electron chi connectivity index (χ1n) is 8.61. The van der Waals surface area contributed by atoms with Crippen LogP contribution >= 0.6 is 0 Å². The van der Waals surface area contributed by atoms with Crippen LogP contribution in [0, 0.1) is 17.3 Å². The van der Waals surface area contributed by atoms with Crippen molar-refractivity contribution in [2.75, 3.05) is 0 Å². The van der Waals surface area contributed by atoms with E-state index in [-0.39, 0.29) is 29.7 Å². The maximum absolute atomic E-state index is 11.7. The Hall–Kier alpha value is -2.05. The molecule has 2 fully saturated rings. The van der Waals surface area contributed by atoms with E-state index in [4.69, 9.17) is 14.2 Å². The fraction of sp³-hybridized carbons (Fsp3) is 0.722. The SMILES string of the molecule is CC(=O)OC1CC(OC(C)=O)C2(C)CC3=C(O)C(=O)OC3CC(C)C12. The van der Waals surface area contributed by atoms with Gasteiger partial charge >= 0.3 is 17.9 Å². The third kappa shape index (κ3) is 2.89. The van der Waals surface area contributed by atoms with E-state index in [2.05, 4.69) is 0 Å². The first kappa shape index (κ1) is 17.8. The topological polar surface area (TPSA) is 99.1 Å². The number of ether oxygens (including phenoxy) is 3. The quantitative estimate of drug-likeness (QED) is 0.600. The molecule has 0 spiro atoms. The van der Waals surface area contributed by atoms with Gasteiger partial charge in [-0.3, -0.25) is 9.59 Å². The van der Waals surface area contributed by atoms with E-state index in [0.717, 1.165) is 0 Å². The molecule has 2 saturated carbocycles. The predicted molar refractivity (Wildman–Crippen MR) is 85.3 cm³/mol. The lowest BCUT2D eigenvalue weighted by Gasteiger charge is -2.38. The van der Waals surface area contributed by atoms with Crippen molar-refractivity contribution in [1.82, 2.24) is 0 Å². The summed E-state index contributed by atoms with van der Waals surface area (Å²) in [6.07, 6.45) is 0.00483. The summed E-state index contributed by atoms with van der Waals surface area (Å²) in [5, 5.41) is 10.1. The van der Waals surface area contributed by atoms with Crippen molar-refractivity contribution in [3.05, 3.63) is 11.3 Å². The molecule has 3 aliphatic rings. The second kappa shape index (κ2) is 6.04. The Morgan fingerprint density at radius 1 is 1.20 bits per heavy atom. The summed E-state index contributed by atoms with van der Waals surface area (Å²) < 4.78 is 16.4. The fourth-order valence-corrected chi connectivity index (χ4v) is 5.05.